The molecule has 0 amide bonds. The van der Waals surface area contributed by atoms with Gasteiger partial charge in [0.15, 0.2) is 11.5 Å². The highest BCUT2D eigenvalue weighted by Gasteiger charge is 2.21. The summed E-state index contributed by atoms with van der Waals surface area (Å²) in [5.41, 5.74) is 2.71. The lowest BCUT2D eigenvalue weighted by Gasteiger charge is -2.14. The van der Waals surface area contributed by atoms with Crippen molar-refractivity contribution in [1.29, 1.82) is 0 Å². The zero-order valence-electron chi connectivity index (χ0n) is 13.5. The number of ether oxygens (including phenoxy) is 2. The molecule has 0 saturated heterocycles. The molecular formula is C16H20N4O2. The standard InChI is InChI=1S/C16H20N4O2/c1-16(2,3)13-9-14-17-18-15(20(14)19-13)11-7-6-10(21-4)8-12(11)22-5/h6-9,17H,1-5H3. The van der Waals surface area contributed by atoms with Crippen LogP contribution in [0.25, 0.3) is 17.0 Å². The van der Waals surface area contributed by atoms with Crippen molar-refractivity contribution < 1.29 is 9.47 Å². The Labute approximate surface area is 129 Å². The average molecular weight is 300 g/mol. The van der Waals surface area contributed by atoms with E-state index in [0.29, 0.717) is 11.6 Å². The number of rotatable bonds is 3. The monoisotopic (exact) mass is 300 g/mol. The molecule has 1 N–H and O–H groups in total. The van der Waals surface area contributed by atoms with Crippen LogP contribution in [0.3, 0.4) is 0 Å². The molecule has 3 aromatic rings. The van der Waals surface area contributed by atoms with Crippen LogP contribution in [0.5, 0.6) is 11.5 Å². The third kappa shape index (κ3) is 2.30. The van der Waals surface area contributed by atoms with Crippen molar-refractivity contribution in [3.8, 4) is 22.9 Å². The van der Waals surface area contributed by atoms with Crippen molar-refractivity contribution in [1.82, 2.24) is 19.8 Å². The van der Waals surface area contributed by atoms with E-state index in [1.807, 2.05) is 28.8 Å². The number of aromatic nitrogens is 4. The van der Waals surface area contributed by atoms with Crippen LogP contribution in [0.2, 0.25) is 0 Å². The lowest BCUT2D eigenvalue weighted by molar-refractivity contribution is 0.395. The second-order valence-electron chi connectivity index (χ2n) is 6.19. The van der Waals surface area contributed by atoms with Gasteiger partial charge < -0.3 is 9.47 Å². The highest BCUT2D eigenvalue weighted by molar-refractivity contribution is 5.68. The van der Waals surface area contributed by atoms with Gasteiger partial charge in [-0.3, -0.25) is 5.10 Å². The van der Waals surface area contributed by atoms with Crippen LogP contribution in [0.4, 0.5) is 0 Å². The predicted molar refractivity (Wildman–Crippen MR) is 84.6 cm³/mol. The minimum atomic E-state index is -0.0197. The van der Waals surface area contributed by atoms with E-state index in [0.717, 1.165) is 22.7 Å². The Balaban J connectivity index is 2.16. The molecule has 0 aliphatic heterocycles. The first-order valence-electron chi connectivity index (χ1n) is 7.11. The molecule has 0 fully saturated rings. The molecule has 0 unspecified atom stereocenters. The molecule has 0 saturated carbocycles. The molecule has 0 spiro atoms. The minimum absolute atomic E-state index is 0.0197. The first-order chi connectivity index (χ1) is 10.4. The molecule has 1 aromatic carbocycles. The van der Waals surface area contributed by atoms with E-state index in [1.54, 1.807) is 14.2 Å². The van der Waals surface area contributed by atoms with Crippen molar-refractivity contribution in [3.05, 3.63) is 30.0 Å². The van der Waals surface area contributed by atoms with Gasteiger partial charge >= 0.3 is 0 Å². The van der Waals surface area contributed by atoms with Gasteiger partial charge in [0.1, 0.15) is 11.5 Å². The summed E-state index contributed by atoms with van der Waals surface area (Å²) in [6.45, 7) is 6.40. The maximum atomic E-state index is 5.46. The van der Waals surface area contributed by atoms with Crippen LogP contribution in [-0.4, -0.2) is 34.0 Å². The molecule has 116 valence electrons. The van der Waals surface area contributed by atoms with Crippen LogP contribution in [0.15, 0.2) is 24.3 Å². The molecule has 2 heterocycles. The quantitative estimate of drug-likeness (QED) is 0.807. The Hall–Kier alpha value is -2.50. The SMILES string of the molecule is COc1ccc(-c2n[nH]c3cc(C(C)(C)C)nn23)c(OC)c1. The zero-order valence-corrected chi connectivity index (χ0v) is 13.5. The van der Waals surface area contributed by atoms with Gasteiger partial charge in [-0.05, 0) is 12.1 Å². The second-order valence-corrected chi connectivity index (χ2v) is 6.19. The van der Waals surface area contributed by atoms with Crippen molar-refractivity contribution in [2.45, 2.75) is 26.2 Å². The molecule has 22 heavy (non-hydrogen) atoms. The zero-order chi connectivity index (χ0) is 15.9. The predicted octanol–water partition coefficient (Wildman–Crippen LogP) is 3.04. The highest BCUT2D eigenvalue weighted by atomic mass is 16.5. The number of hydrogen-bond donors (Lipinski definition) is 1. The number of aromatic amines is 1. The van der Waals surface area contributed by atoms with Gasteiger partial charge in [-0.25, -0.2) is 0 Å². The molecule has 6 heteroatoms. The van der Waals surface area contributed by atoms with Gasteiger partial charge in [-0.1, -0.05) is 20.8 Å². The highest BCUT2D eigenvalue weighted by Crippen LogP contribution is 2.33. The maximum Gasteiger partial charge on any atom is 0.186 e. The number of fused-ring (bicyclic) bond motifs is 1. The van der Waals surface area contributed by atoms with Gasteiger partial charge in [0.25, 0.3) is 0 Å². The summed E-state index contributed by atoms with van der Waals surface area (Å²) in [4.78, 5) is 0. The van der Waals surface area contributed by atoms with E-state index in [4.69, 9.17) is 9.47 Å². The van der Waals surface area contributed by atoms with E-state index in [-0.39, 0.29) is 5.41 Å². The molecule has 3 rings (SSSR count). The van der Waals surface area contributed by atoms with Gasteiger partial charge in [-0.15, -0.1) is 0 Å². The number of hydrogen-bond acceptors (Lipinski definition) is 4. The van der Waals surface area contributed by atoms with Gasteiger partial charge in [0.2, 0.25) is 0 Å². The van der Waals surface area contributed by atoms with E-state index in [1.165, 1.54) is 0 Å². The number of benzene rings is 1. The Morgan fingerprint density at radius 3 is 2.50 bits per heavy atom. The number of nitrogens with one attached hydrogen (secondary N) is 1. The van der Waals surface area contributed by atoms with E-state index in [9.17, 15) is 0 Å². The third-order valence-electron chi connectivity index (χ3n) is 3.60. The van der Waals surface area contributed by atoms with Crippen molar-refractivity contribution >= 4 is 5.65 Å². The Bertz CT molecular complexity index is 811. The molecule has 2 aromatic heterocycles. The minimum Gasteiger partial charge on any atom is -0.497 e. The summed E-state index contributed by atoms with van der Waals surface area (Å²) in [5, 5.41) is 12.1. The smallest absolute Gasteiger partial charge is 0.186 e. The Kier molecular flexibility index (Phi) is 3.31. The van der Waals surface area contributed by atoms with Crippen LogP contribution in [0, 0.1) is 0 Å². The number of H-pyrrole nitrogens is 1. The lowest BCUT2D eigenvalue weighted by Crippen LogP contribution is -2.12. The summed E-state index contributed by atoms with van der Waals surface area (Å²) in [5.74, 6) is 2.15. The van der Waals surface area contributed by atoms with E-state index >= 15 is 0 Å². The van der Waals surface area contributed by atoms with Gasteiger partial charge in [0.05, 0.1) is 25.5 Å². The third-order valence-corrected chi connectivity index (χ3v) is 3.60. The van der Waals surface area contributed by atoms with Crippen molar-refractivity contribution in [3.63, 3.8) is 0 Å². The summed E-state index contributed by atoms with van der Waals surface area (Å²) in [7, 11) is 3.26. The molecule has 0 bridgehead atoms. The fourth-order valence-electron chi connectivity index (χ4n) is 2.30. The number of nitrogens with zero attached hydrogens (tertiary/aromatic N) is 3. The summed E-state index contributed by atoms with van der Waals surface area (Å²) in [6, 6.07) is 7.66. The average Bonchev–Trinajstić information content (AvgIpc) is 3.06. The van der Waals surface area contributed by atoms with E-state index in [2.05, 4.69) is 36.1 Å². The van der Waals surface area contributed by atoms with E-state index < -0.39 is 0 Å². The molecular weight excluding hydrogens is 280 g/mol. The number of methoxy groups -OCH3 is 2. The first kappa shape index (κ1) is 14.4. The molecule has 0 radical (unpaired) electrons. The lowest BCUT2D eigenvalue weighted by atomic mass is 9.93. The summed E-state index contributed by atoms with van der Waals surface area (Å²) in [6.07, 6.45) is 0. The van der Waals surface area contributed by atoms with Gasteiger partial charge in [-0.2, -0.15) is 14.7 Å². The first-order valence-corrected chi connectivity index (χ1v) is 7.11. The van der Waals surface area contributed by atoms with Crippen LogP contribution in [-0.2, 0) is 5.41 Å². The summed E-state index contributed by atoms with van der Waals surface area (Å²) >= 11 is 0. The largest absolute Gasteiger partial charge is 0.497 e. The van der Waals surface area contributed by atoms with Gasteiger partial charge in [0, 0.05) is 17.5 Å². The van der Waals surface area contributed by atoms with Crippen LogP contribution in [0.1, 0.15) is 26.5 Å². The Morgan fingerprint density at radius 1 is 1.09 bits per heavy atom. The van der Waals surface area contributed by atoms with Crippen molar-refractivity contribution in [2.24, 2.45) is 0 Å². The normalized spacial score (nSPS) is 11.9. The van der Waals surface area contributed by atoms with Crippen LogP contribution < -0.4 is 9.47 Å². The molecule has 0 atom stereocenters. The Morgan fingerprint density at radius 2 is 1.86 bits per heavy atom. The summed E-state index contributed by atoms with van der Waals surface area (Å²) < 4.78 is 12.5. The maximum absolute atomic E-state index is 5.46. The molecule has 0 aliphatic rings. The van der Waals surface area contributed by atoms with Crippen LogP contribution >= 0.6 is 0 Å². The fraction of sp³-hybridized carbons (Fsp3) is 0.375. The second kappa shape index (κ2) is 5.05. The fourth-order valence-corrected chi connectivity index (χ4v) is 2.30. The molecule has 6 nitrogen and oxygen atoms in total. The van der Waals surface area contributed by atoms with Crippen molar-refractivity contribution in [2.75, 3.05) is 14.2 Å². The topological polar surface area (TPSA) is 64.4 Å². The molecule has 0 aliphatic carbocycles.